The normalized spacial score (nSPS) is 14.9. The molecule has 0 fully saturated rings. The molecule has 0 aromatic heterocycles. The van der Waals surface area contributed by atoms with E-state index < -0.39 is 0 Å². The van der Waals surface area contributed by atoms with Crippen LogP contribution in [-0.2, 0) is 0 Å². The van der Waals surface area contributed by atoms with E-state index in [9.17, 15) is 0 Å². The van der Waals surface area contributed by atoms with Gasteiger partial charge in [-0.05, 0) is 19.3 Å². The van der Waals surface area contributed by atoms with Gasteiger partial charge in [-0.2, -0.15) is 0 Å². The average Bonchev–Trinajstić information content (AvgIpc) is 3.37. The van der Waals surface area contributed by atoms with E-state index in [-0.39, 0.29) is 0 Å². The van der Waals surface area contributed by atoms with Gasteiger partial charge in [-0.3, -0.25) is 0 Å². The zero-order valence-electron chi connectivity index (χ0n) is 30.4. The maximum Gasteiger partial charge on any atom is 0.100 e. The molecular formula is C41H82N2. The number of hydrogen-bond acceptors (Lipinski definition) is 2. The Labute approximate surface area is 273 Å². The molecule has 0 spiro atoms. The van der Waals surface area contributed by atoms with Crippen LogP contribution >= 0.6 is 0 Å². The molecule has 0 N–H and O–H groups in total. The molecule has 0 saturated carbocycles. The van der Waals surface area contributed by atoms with Crippen LogP contribution in [0.5, 0.6) is 0 Å². The highest BCUT2D eigenvalue weighted by atomic mass is 15.4. The van der Waals surface area contributed by atoms with Crippen LogP contribution in [-0.4, -0.2) is 29.6 Å². The third kappa shape index (κ3) is 26.3. The summed E-state index contributed by atoms with van der Waals surface area (Å²) in [6.07, 6.45) is 54.6. The van der Waals surface area contributed by atoms with Crippen molar-refractivity contribution in [3.8, 4) is 0 Å². The Hall–Kier alpha value is -0.660. The van der Waals surface area contributed by atoms with Gasteiger partial charge < -0.3 is 9.80 Å². The van der Waals surface area contributed by atoms with Crippen molar-refractivity contribution in [1.82, 2.24) is 9.80 Å². The van der Waals surface area contributed by atoms with Crippen LogP contribution in [0.4, 0.5) is 0 Å². The molecule has 0 amide bonds. The van der Waals surface area contributed by atoms with Crippen LogP contribution in [0.1, 0.15) is 232 Å². The van der Waals surface area contributed by atoms with Gasteiger partial charge in [-0.25, -0.2) is 0 Å². The molecule has 256 valence electrons. The summed E-state index contributed by atoms with van der Waals surface area (Å²) in [6, 6.07) is 0. The van der Waals surface area contributed by atoms with Gasteiger partial charge in [0.1, 0.15) is 6.17 Å². The fourth-order valence-corrected chi connectivity index (χ4v) is 7.11. The van der Waals surface area contributed by atoms with Gasteiger partial charge in [0.15, 0.2) is 0 Å². The highest BCUT2D eigenvalue weighted by Gasteiger charge is 2.22. The minimum atomic E-state index is 0.618. The summed E-state index contributed by atoms with van der Waals surface area (Å²) in [4.78, 5) is 5.09. The second-order valence-corrected chi connectivity index (χ2v) is 14.4. The van der Waals surface area contributed by atoms with Crippen molar-refractivity contribution < 1.29 is 0 Å². The molecule has 1 rings (SSSR count). The number of hydrogen-bond donors (Lipinski definition) is 0. The largest absolute Gasteiger partial charge is 0.359 e. The molecule has 43 heavy (non-hydrogen) atoms. The Balaban J connectivity index is 1.84. The van der Waals surface area contributed by atoms with Crippen LogP contribution in [0.3, 0.4) is 0 Å². The average molecular weight is 603 g/mol. The van der Waals surface area contributed by atoms with Crippen LogP contribution in [0.25, 0.3) is 0 Å². The fourth-order valence-electron chi connectivity index (χ4n) is 7.11. The SMILES string of the molecule is CCCCCCCCCCCCCCCCCCCC1N(C)C=CN1CCCCCCCCCCCCCCCCCC. The smallest absolute Gasteiger partial charge is 0.100 e. The zero-order valence-corrected chi connectivity index (χ0v) is 30.4. The number of nitrogens with zero attached hydrogens (tertiary/aromatic N) is 2. The molecule has 0 aliphatic carbocycles. The Morgan fingerprint density at radius 3 is 0.953 bits per heavy atom. The van der Waals surface area contributed by atoms with Gasteiger partial charge in [0.2, 0.25) is 0 Å². The molecule has 2 heteroatoms. The molecule has 0 saturated heterocycles. The number of unbranched alkanes of at least 4 members (excludes halogenated alkanes) is 31. The van der Waals surface area contributed by atoms with Crippen molar-refractivity contribution in [2.75, 3.05) is 13.6 Å². The molecule has 0 aromatic carbocycles. The van der Waals surface area contributed by atoms with Crippen molar-refractivity contribution in [1.29, 1.82) is 0 Å². The second-order valence-electron chi connectivity index (χ2n) is 14.4. The number of rotatable bonds is 35. The van der Waals surface area contributed by atoms with Gasteiger partial charge >= 0.3 is 0 Å². The molecular weight excluding hydrogens is 520 g/mol. The quantitative estimate of drug-likeness (QED) is 0.0666. The van der Waals surface area contributed by atoms with E-state index in [0.29, 0.717) is 6.17 Å². The molecule has 0 radical (unpaired) electrons. The molecule has 1 aliphatic heterocycles. The van der Waals surface area contributed by atoms with Crippen LogP contribution < -0.4 is 0 Å². The third-order valence-electron chi connectivity index (χ3n) is 10.2. The topological polar surface area (TPSA) is 6.48 Å². The van der Waals surface area contributed by atoms with E-state index in [0.717, 1.165) is 0 Å². The van der Waals surface area contributed by atoms with Gasteiger partial charge in [0.05, 0.1) is 0 Å². The highest BCUT2D eigenvalue weighted by molar-refractivity contribution is 4.95. The summed E-state index contributed by atoms with van der Waals surface area (Å²) in [7, 11) is 2.28. The van der Waals surface area contributed by atoms with Crippen molar-refractivity contribution in [2.24, 2.45) is 0 Å². The van der Waals surface area contributed by atoms with Gasteiger partial charge in [0, 0.05) is 26.0 Å². The lowest BCUT2D eigenvalue weighted by molar-refractivity contribution is 0.159. The lowest BCUT2D eigenvalue weighted by Crippen LogP contribution is -2.37. The van der Waals surface area contributed by atoms with Gasteiger partial charge in [-0.15, -0.1) is 0 Å². The summed E-state index contributed by atoms with van der Waals surface area (Å²) in [5.74, 6) is 0. The van der Waals surface area contributed by atoms with Gasteiger partial charge in [0.25, 0.3) is 0 Å². The molecule has 1 atom stereocenters. The lowest BCUT2D eigenvalue weighted by Gasteiger charge is -2.30. The summed E-state index contributed by atoms with van der Waals surface area (Å²) in [6.45, 7) is 5.87. The lowest BCUT2D eigenvalue weighted by atomic mass is 10.0. The van der Waals surface area contributed by atoms with E-state index in [1.807, 2.05) is 0 Å². The van der Waals surface area contributed by atoms with Crippen LogP contribution in [0, 0.1) is 0 Å². The van der Waals surface area contributed by atoms with Crippen molar-refractivity contribution >= 4 is 0 Å². The minimum absolute atomic E-state index is 0.618. The maximum absolute atomic E-state index is 2.64. The Morgan fingerprint density at radius 2 is 0.628 bits per heavy atom. The van der Waals surface area contributed by atoms with E-state index in [1.165, 1.54) is 225 Å². The molecule has 1 unspecified atom stereocenters. The first-order valence-corrected chi connectivity index (χ1v) is 20.5. The summed E-state index contributed by atoms with van der Waals surface area (Å²) >= 11 is 0. The molecule has 0 bridgehead atoms. The Morgan fingerprint density at radius 1 is 0.349 bits per heavy atom. The maximum atomic E-state index is 2.64. The first-order valence-electron chi connectivity index (χ1n) is 20.5. The second kappa shape index (κ2) is 32.7. The third-order valence-corrected chi connectivity index (χ3v) is 10.2. The fraction of sp³-hybridized carbons (Fsp3) is 0.951. The van der Waals surface area contributed by atoms with Crippen molar-refractivity contribution in [3.05, 3.63) is 12.4 Å². The predicted octanol–water partition coefficient (Wildman–Crippen LogP) is 14.3. The first-order chi connectivity index (χ1) is 21.3. The highest BCUT2D eigenvalue weighted by Crippen LogP contribution is 2.22. The van der Waals surface area contributed by atoms with E-state index >= 15 is 0 Å². The van der Waals surface area contributed by atoms with E-state index in [2.05, 4.69) is 43.1 Å². The summed E-state index contributed by atoms with van der Waals surface area (Å²) in [5.41, 5.74) is 0. The standard InChI is InChI=1S/C41H82N2/c1-4-6-8-10-12-14-16-18-20-22-23-25-27-29-31-33-35-37-41-42(3)39-40-43(41)38-36-34-32-30-28-26-24-21-19-17-15-13-11-9-7-5-2/h39-41H,4-38H2,1-3H3. The predicted molar refractivity (Wildman–Crippen MR) is 196 cm³/mol. The van der Waals surface area contributed by atoms with Crippen molar-refractivity contribution in [3.63, 3.8) is 0 Å². The first kappa shape index (κ1) is 40.4. The van der Waals surface area contributed by atoms with Crippen molar-refractivity contribution in [2.45, 2.75) is 238 Å². The van der Waals surface area contributed by atoms with Gasteiger partial charge in [-0.1, -0.05) is 213 Å². The monoisotopic (exact) mass is 603 g/mol. The minimum Gasteiger partial charge on any atom is -0.359 e. The van der Waals surface area contributed by atoms with E-state index in [1.54, 1.807) is 0 Å². The summed E-state index contributed by atoms with van der Waals surface area (Å²) in [5, 5.41) is 0. The molecule has 2 nitrogen and oxygen atoms in total. The Bertz CT molecular complexity index is 558. The van der Waals surface area contributed by atoms with Crippen LogP contribution in [0.15, 0.2) is 12.4 Å². The van der Waals surface area contributed by atoms with Crippen LogP contribution in [0.2, 0.25) is 0 Å². The van der Waals surface area contributed by atoms with E-state index in [4.69, 9.17) is 0 Å². The Kier molecular flexibility index (Phi) is 30.7. The molecule has 0 aromatic rings. The molecule has 1 aliphatic rings. The zero-order chi connectivity index (χ0) is 30.9. The molecule has 1 heterocycles. The summed E-state index contributed by atoms with van der Waals surface area (Å²) < 4.78 is 0.